The Labute approximate surface area is 196 Å². The van der Waals surface area contributed by atoms with Crippen LogP contribution in [0, 0.1) is 0 Å². The second kappa shape index (κ2) is 9.27. The predicted octanol–water partition coefficient (Wildman–Crippen LogP) is 2.97. The number of rotatable bonds is 6. The number of carbonyl (C=O) groups excluding carboxylic acids is 3. The highest BCUT2D eigenvalue weighted by molar-refractivity contribution is 7.98. The SMILES string of the molecule is O=C(N[C@H]1C[C@H]2C(=O)N[C@@H](CSCc3ccccc3)C(=O)N2C1)c1ccc2ccccc2c1. The molecule has 33 heavy (non-hydrogen) atoms. The lowest BCUT2D eigenvalue weighted by Crippen LogP contribution is -2.61. The predicted molar refractivity (Wildman–Crippen MR) is 130 cm³/mol. The molecule has 0 unspecified atom stereocenters. The zero-order valence-electron chi connectivity index (χ0n) is 18.1. The Balaban J connectivity index is 1.19. The minimum absolute atomic E-state index is 0.0670. The van der Waals surface area contributed by atoms with Gasteiger partial charge in [0.1, 0.15) is 12.1 Å². The topological polar surface area (TPSA) is 78.5 Å². The molecule has 168 valence electrons. The van der Waals surface area contributed by atoms with Crippen molar-refractivity contribution >= 4 is 40.3 Å². The van der Waals surface area contributed by atoms with Crippen molar-refractivity contribution in [3.05, 3.63) is 83.9 Å². The zero-order valence-corrected chi connectivity index (χ0v) is 18.9. The van der Waals surface area contributed by atoms with Crippen LogP contribution in [0.3, 0.4) is 0 Å². The van der Waals surface area contributed by atoms with Gasteiger partial charge in [-0.1, -0.05) is 60.7 Å². The van der Waals surface area contributed by atoms with Gasteiger partial charge in [0.2, 0.25) is 11.8 Å². The number of nitrogens with zero attached hydrogens (tertiary/aromatic N) is 1. The van der Waals surface area contributed by atoms with E-state index in [-0.39, 0.29) is 23.8 Å². The van der Waals surface area contributed by atoms with Crippen LogP contribution < -0.4 is 10.6 Å². The molecule has 3 amide bonds. The van der Waals surface area contributed by atoms with Crippen LogP contribution >= 0.6 is 11.8 Å². The molecule has 3 aromatic rings. The van der Waals surface area contributed by atoms with E-state index in [0.717, 1.165) is 16.5 Å². The maximum atomic E-state index is 13.0. The molecule has 0 aromatic heterocycles. The summed E-state index contributed by atoms with van der Waals surface area (Å²) in [6.07, 6.45) is 0.431. The van der Waals surface area contributed by atoms with Crippen molar-refractivity contribution in [3.8, 4) is 0 Å². The van der Waals surface area contributed by atoms with E-state index in [1.165, 1.54) is 5.56 Å². The standard InChI is InChI=1S/C26H25N3O3S/c30-24(20-11-10-18-8-4-5-9-19(18)12-20)27-21-13-23-25(31)28-22(26(32)29(23)14-21)16-33-15-17-6-2-1-3-7-17/h1-12,21-23H,13-16H2,(H,27,30)(H,28,31)/t21-,22-,23-/m0/s1. The molecule has 0 aliphatic carbocycles. The Bertz CT molecular complexity index is 1200. The van der Waals surface area contributed by atoms with Crippen molar-refractivity contribution in [1.29, 1.82) is 0 Å². The largest absolute Gasteiger partial charge is 0.347 e. The molecule has 2 N–H and O–H groups in total. The molecule has 0 radical (unpaired) electrons. The molecule has 2 aliphatic rings. The second-order valence-corrected chi connectivity index (χ2v) is 9.57. The molecular weight excluding hydrogens is 434 g/mol. The van der Waals surface area contributed by atoms with Crippen LogP contribution in [0.15, 0.2) is 72.8 Å². The third-order valence-electron chi connectivity index (χ3n) is 6.24. The molecule has 3 atom stereocenters. The third kappa shape index (κ3) is 4.59. The number of piperazine rings is 1. The highest BCUT2D eigenvalue weighted by Crippen LogP contribution is 2.25. The van der Waals surface area contributed by atoms with Crippen LogP contribution in [-0.4, -0.2) is 53.0 Å². The maximum absolute atomic E-state index is 13.0. The van der Waals surface area contributed by atoms with Gasteiger partial charge >= 0.3 is 0 Å². The molecule has 6 nitrogen and oxygen atoms in total. The van der Waals surface area contributed by atoms with Crippen molar-refractivity contribution in [3.63, 3.8) is 0 Å². The highest BCUT2D eigenvalue weighted by atomic mass is 32.2. The van der Waals surface area contributed by atoms with Crippen LogP contribution in [0.5, 0.6) is 0 Å². The van der Waals surface area contributed by atoms with Crippen LogP contribution in [0.25, 0.3) is 10.8 Å². The molecule has 0 bridgehead atoms. The average molecular weight is 460 g/mol. The van der Waals surface area contributed by atoms with E-state index < -0.39 is 12.1 Å². The fraction of sp³-hybridized carbons (Fsp3) is 0.269. The van der Waals surface area contributed by atoms with Crippen LogP contribution in [0.2, 0.25) is 0 Å². The summed E-state index contributed by atoms with van der Waals surface area (Å²) in [5, 5.41) is 7.98. The Morgan fingerprint density at radius 3 is 2.58 bits per heavy atom. The number of amides is 3. The lowest BCUT2D eigenvalue weighted by Gasteiger charge is -2.34. The van der Waals surface area contributed by atoms with E-state index in [0.29, 0.717) is 24.3 Å². The Morgan fingerprint density at radius 2 is 1.76 bits per heavy atom. The summed E-state index contributed by atoms with van der Waals surface area (Å²) in [6, 6.07) is 22.2. The first-order valence-corrected chi connectivity index (χ1v) is 12.3. The highest BCUT2D eigenvalue weighted by Gasteiger charge is 2.46. The molecule has 2 fully saturated rings. The second-order valence-electron chi connectivity index (χ2n) is 8.54. The van der Waals surface area contributed by atoms with Gasteiger partial charge < -0.3 is 15.5 Å². The Kier molecular flexibility index (Phi) is 6.05. The molecule has 5 rings (SSSR count). The fourth-order valence-electron chi connectivity index (χ4n) is 4.54. The minimum Gasteiger partial charge on any atom is -0.347 e. The smallest absolute Gasteiger partial charge is 0.251 e. The Morgan fingerprint density at radius 1 is 1.00 bits per heavy atom. The Hall–Kier alpha value is -3.32. The normalized spacial score (nSPS) is 22.2. The van der Waals surface area contributed by atoms with E-state index in [2.05, 4.69) is 10.6 Å². The van der Waals surface area contributed by atoms with E-state index in [4.69, 9.17) is 0 Å². The molecule has 0 spiro atoms. The summed E-state index contributed by atoms with van der Waals surface area (Å²) in [7, 11) is 0. The summed E-state index contributed by atoms with van der Waals surface area (Å²) in [6.45, 7) is 0.357. The van der Waals surface area contributed by atoms with Crippen molar-refractivity contribution in [2.24, 2.45) is 0 Å². The minimum atomic E-state index is -0.530. The van der Waals surface area contributed by atoms with Crippen LogP contribution in [0.4, 0.5) is 0 Å². The number of nitrogens with one attached hydrogen (secondary N) is 2. The monoisotopic (exact) mass is 459 g/mol. The summed E-state index contributed by atoms with van der Waals surface area (Å²) in [5.41, 5.74) is 1.76. The first-order valence-electron chi connectivity index (χ1n) is 11.1. The van der Waals surface area contributed by atoms with Crippen molar-refractivity contribution < 1.29 is 14.4 Å². The van der Waals surface area contributed by atoms with Crippen molar-refractivity contribution in [1.82, 2.24) is 15.5 Å². The summed E-state index contributed by atoms with van der Waals surface area (Å²) in [4.78, 5) is 40.2. The number of thioether (sulfide) groups is 1. The van der Waals surface area contributed by atoms with Crippen molar-refractivity contribution in [2.75, 3.05) is 12.3 Å². The number of hydrogen-bond acceptors (Lipinski definition) is 4. The van der Waals surface area contributed by atoms with Gasteiger partial charge in [-0.2, -0.15) is 11.8 Å². The first kappa shape index (κ1) is 21.5. The van der Waals surface area contributed by atoms with Gasteiger partial charge in [0.05, 0.1) is 0 Å². The van der Waals surface area contributed by atoms with E-state index >= 15 is 0 Å². The molecule has 2 saturated heterocycles. The number of hydrogen-bond donors (Lipinski definition) is 2. The van der Waals surface area contributed by atoms with E-state index in [1.54, 1.807) is 22.7 Å². The van der Waals surface area contributed by atoms with Gasteiger partial charge in [-0.25, -0.2) is 0 Å². The molecule has 2 aliphatic heterocycles. The summed E-state index contributed by atoms with van der Waals surface area (Å²) in [5.74, 6) is 0.920. The zero-order chi connectivity index (χ0) is 22.8. The lowest BCUT2D eigenvalue weighted by atomic mass is 10.1. The molecule has 0 saturated carbocycles. The van der Waals surface area contributed by atoms with Gasteiger partial charge in [0.15, 0.2) is 0 Å². The van der Waals surface area contributed by atoms with Gasteiger partial charge in [0, 0.05) is 29.7 Å². The number of benzene rings is 3. The van der Waals surface area contributed by atoms with Gasteiger partial charge in [-0.15, -0.1) is 0 Å². The lowest BCUT2D eigenvalue weighted by molar-refractivity contribution is -0.146. The van der Waals surface area contributed by atoms with Crippen molar-refractivity contribution in [2.45, 2.75) is 30.3 Å². The maximum Gasteiger partial charge on any atom is 0.251 e. The van der Waals surface area contributed by atoms with Crippen LogP contribution in [-0.2, 0) is 15.3 Å². The fourth-order valence-corrected chi connectivity index (χ4v) is 5.55. The molecule has 3 aromatic carbocycles. The average Bonchev–Trinajstić information content (AvgIpc) is 3.27. The van der Waals surface area contributed by atoms with Gasteiger partial charge in [-0.05, 0) is 34.9 Å². The van der Waals surface area contributed by atoms with Gasteiger partial charge in [-0.3, -0.25) is 14.4 Å². The summed E-state index contributed by atoms with van der Waals surface area (Å²) < 4.78 is 0. The van der Waals surface area contributed by atoms with Gasteiger partial charge in [0.25, 0.3) is 5.91 Å². The van der Waals surface area contributed by atoms with E-state index in [1.807, 2.05) is 66.7 Å². The quantitative estimate of drug-likeness (QED) is 0.594. The first-order chi connectivity index (χ1) is 16.1. The van der Waals surface area contributed by atoms with Crippen LogP contribution in [0.1, 0.15) is 22.3 Å². The molecule has 2 heterocycles. The van der Waals surface area contributed by atoms with E-state index in [9.17, 15) is 14.4 Å². The third-order valence-corrected chi connectivity index (χ3v) is 7.35. The number of carbonyl (C=O) groups is 3. The molecule has 7 heteroatoms. The summed E-state index contributed by atoms with van der Waals surface area (Å²) >= 11 is 1.63. The number of fused-ring (bicyclic) bond motifs is 2. The molecular formula is C26H25N3O3S.